The SMILES string of the molecule is CC(C)Oc1cccc(NC(=O)COc2ccc(Br)cc2C(C)(C)C)c1. The number of carbonyl (C=O) groups excluding carboxylic acids is 1. The van der Waals surface area contributed by atoms with Crippen molar-refractivity contribution in [3.8, 4) is 11.5 Å². The maximum absolute atomic E-state index is 12.3. The molecule has 0 saturated heterocycles. The average Bonchev–Trinajstić information content (AvgIpc) is 2.52. The highest BCUT2D eigenvalue weighted by Crippen LogP contribution is 2.33. The first-order chi connectivity index (χ1) is 12.1. The monoisotopic (exact) mass is 419 g/mol. The maximum Gasteiger partial charge on any atom is 0.262 e. The Morgan fingerprint density at radius 2 is 1.88 bits per heavy atom. The number of rotatable bonds is 6. The van der Waals surface area contributed by atoms with E-state index in [1.807, 2.05) is 50.2 Å². The summed E-state index contributed by atoms with van der Waals surface area (Å²) in [7, 11) is 0. The van der Waals surface area contributed by atoms with Gasteiger partial charge < -0.3 is 14.8 Å². The van der Waals surface area contributed by atoms with Gasteiger partial charge in [0.05, 0.1) is 6.10 Å². The molecule has 0 bridgehead atoms. The Morgan fingerprint density at radius 1 is 1.15 bits per heavy atom. The van der Waals surface area contributed by atoms with E-state index >= 15 is 0 Å². The van der Waals surface area contributed by atoms with Crippen LogP contribution in [-0.2, 0) is 10.2 Å². The highest BCUT2D eigenvalue weighted by molar-refractivity contribution is 9.10. The molecule has 0 atom stereocenters. The zero-order chi connectivity index (χ0) is 19.3. The van der Waals surface area contributed by atoms with Crippen molar-refractivity contribution in [1.82, 2.24) is 0 Å². The molecule has 5 heteroatoms. The lowest BCUT2D eigenvalue weighted by atomic mass is 9.86. The molecular weight excluding hydrogens is 394 g/mol. The topological polar surface area (TPSA) is 47.6 Å². The molecular formula is C21H26BrNO3. The number of anilines is 1. The van der Waals surface area contributed by atoms with Crippen LogP contribution >= 0.6 is 15.9 Å². The molecule has 1 amide bonds. The first kappa shape index (κ1) is 20.3. The summed E-state index contributed by atoms with van der Waals surface area (Å²) in [6.45, 7) is 10.2. The van der Waals surface area contributed by atoms with E-state index in [1.165, 1.54) is 0 Å². The molecule has 140 valence electrons. The predicted octanol–water partition coefficient (Wildman–Crippen LogP) is 5.55. The molecule has 26 heavy (non-hydrogen) atoms. The van der Waals surface area contributed by atoms with Crippen molar-refractivity contribution >= 4 is 27.5 Å². The van der Waals surface area contributed by atoms with E-state index in [-0.39, 0.29) is 24.0 Å². The van der Waals surface area contributed by atoms with Gasteiger partial charge in [-0.1, -0.05) is 42.8 Å². The van der Waals surface area contributed by atoms with Gasteiger partial charge in [0.25, 0.3) is 5.91 Å². The largest absolute Gasteiger partial charge is 0.491 e. The van der Waals surface area contributed by atoms with E-state index in [1.54, 1.807) is 6.07 Å². The van der Waals surface area contributed by atoms with Crippen LogP contribution in [0.15, 0.2) is 46.9 Å². The molecule has 0 aliphatic rings. The summed E-state index contributed by atoms with van der Waals surface area (Å²) in [6, 6.07) is 13.2. The molecule has 2 aromatic rings. The van der Waals surface area contributed by atoms with Gasteiger partial charge in [0, 0.05) is 21.8 Å². The molecule has 0 heterocycles. The number of benzene rings is 2. The number of ether oxygens (including phenoxy) is 2. The van der Waals surface area contributed by atoms with Gasteiger partial charge >= 0.3 is 0 Å². The second kappa shape index (κ2) is 8.58. The van der Waals surface area contributed by atoms with E-state index in [0.717, 1.165) is 15.8 Å². The Balaban J connectivity index is 2.02. The van der Waals surface area contributed by atoms with Crippen LogP contribution in [0.2, 0.25) is 0 Å². The van der Waals surface area contributed by atoms with Crippen LogP contribution in [-0.4, -0.2) is 18.6 Å². The maximum atomic E-state index is 12.3. The minimum Gasteiger partial charge on any atom is -0.491 e. The summed E-state index contributed by atoms with van der Waals surface area (Å²) in [5, 5.41) is 2.84. The molecule has 0 aromatic heterocycles. The summed E-state index contributed by atoms with van der Waals surface area (Å²) in [5.74, 6) is 1.23. The van der Waals surface area contributed by atoms with Gasteiger partial charge in [-0.05, 0) is 49.6 Å². The van der Waals surface area contributed by atoms with Crippen molar-refractivity contribution in [3.63, 3.8) is 0 Å². The molecule has 0 fully saturated rings. The smallest absolute Gasteiger partial charge is 0.262 e. The first-order valence-electron chi connectivity index (χ1n) is 8.64. The Kier molecular flexibility index (Phi) is 6.70. The van der Waals surface area contributed by atoms with Gasteiger partial charge in [-0.15, -0.1) is 0 Å². The molecule has 0 radical (unpaired) electrons. The molecule has 0 aliphatic carbocycles. The van der Waals surface area contributed by atoms with Crippen LogP contribution < -0.4 is 14.8 Å². The van der Waals surface area contributed by atoms with Gasteiger partial charge in [-0.2, -0.15) is 0 Å². The Hall–Kier alpha value is -2.01. The second-order valence-corrected chi connectivity index (χ2v) is 8.34. The fraction of sp³-hybridized carbons (Fsp3) is 0.381. The molecule has 0 aliphatic heterocycles. The molecule has 2 aromatic carbocycles. The normalized spacial score (nSPS) is 11.3. The Labute approximate surface area is 164 Å². The minimum absolute atomic E-state index is 0.0556. The Bertz CT molecular complexity index is 766. The van der Waals surface area contributed by atoms with Crippen LogP contribution in [0.3, 0.4) is 0 Å². The second-order valence-electron chi connectivity index (χ2n) is 7.42. The number of hydrogen-bond donors (Lipinski definition) is 1. The van der Waals surface area contributed by atoms with E-state index in [9.17, 15) is 4.79 Å². The van der Waals surface area contributed by atoms with E-state index < -0.39 is 0 Å². The van der Waals surface area contributed by atoms with Gasteiger partial charge in [0.2, 0.25) is 0 Å². The number of hydrogen-bond acceptors (Lipinski definition) is 3. The first-order valence-corrected chi connectivity index (χ1v) is 9.44. The third-order valence-corrected chi connectivity index (χ3v) is 4.09. The highest BCUT2D eigenvalue weighted by atomic mass is 79.9. The third kappa shape index (κ3) is 6.06. The van der Waals surface area contributed by atoms with Gasteiger partial charge in [-0.3, -0.25) is 4.79 Å². The van der Waals surface area contributed by atoms with Crippen LogP contribution in [0.1, 0.15) is 40.2 Å². The standard InChI is InChI=1S/C21H26BrNO3/c1-14(2)26-17-8-6-7-16(12-17)23-20(24)13-25-19-10-9-15(22)11-18(19)21(3,4)5/h6-12,14H,13H2,1-5H3,(H,23,24). The summed E-state index contributed by atoms with van der Waals surface area (Å²) < 4.78 is 12.4. The van der Waals surface area contributed by atoms with Crippen LogP contribution in [0.4, 0.5) is 5.69 Å². The van der Waals surface area contributed by atoms with Crippen molar-refractivity contribution in [3.05, 3.63) is 52.5 Å². The minimum atomic E-state index is -0.213. The fourth-order valence-corrected chi connectivity index (χ4v) is 2.83. The zero-order valence-electron chi connectivity index (χ0n) is 15.9. The predicted molar refractivity (Wildman–Crippen MR) is 109 cm³/mol. The van der Waals surface area contributed by atoms with Crippen molar-refractivity contribution in [2.24, 2.45) is 0 Å². The fourth-order valence-electron chi connectivity index (χ4n) is 2.47. The molecule has 2 rings (SSSR count). The molecule has 0 unspecified atom stereocenters. The van der Waals surface area contributed by atoms with Crippen molar-refractivity contribution in [1.29, 1.82) is 0 Å². The summed E-state index contributed by atoms with van der Waals surface area (Å²) >= 11 is 3.49. The van der Waals surface area contributed by atoms with Gasteiger partial charge in [-0.25, -0.2) is 0 Å². The number of halogens is 1. The van der Waals surface area contributed by atoms with Gasteiger partial charge in [0.1, 0.15) is 11.5 Å². The number of amides is 1. The lowest BCUT2D eigenvalue weighted by Gasteiger charge is -2.23. The Morgan fingerprint density at radius 3 is 2.54 bits per heavy atom. The summed E-state index contributed by atoms with van der Waals surface area (Å²) in [5.41, 5.74) is 1.65. The van der Waals surface area contributed by atoms with E-state index in [2.05, 4.69) is 42.0 Å². The van der Waals surface area contributed by atoms with E-state index in [0.29, 0.717) is 11.4 Å². The van der Waals surface area contributed by atoms with Crippen LogP contribution in [0.25, 0.3) is 0 Å². The molecule has 0 saturated carbocycles. The van der Waals surface area contributed by atoms with Crippen molar-refractivity contribution in [2.75, 3.05) is 11.9 Å². The third-order valence-electron chi connectivity index (χ3n) is 3.60. The zero-order valence-corrected chi connectivity index (χ0v) is 17.5. The van der Waals surface area contributed by atoms with Crippen molar-refractivity contribution in [2.45, 2.75) is 46.1 Å². The van der Waals surface area contributed by atoms with Crippen LogP contribution in [0, 0.1) is 0 Å². The number of nitrogens with one attached hydrogen (secondary N) is 1. The molecule has 1 N–H and O–H groups in total. The highest BCUT2D eigenvalue weighted by Gasteiger charge is 2.20. The van der Waals surface area contributed by atoms with Gasteiger partial charge in [0.15, 0.2) is 6.61 Å². The lowest BCUT2D eigenvalue weighted by molar-refractivity contribution is -0.118. The molecule has 4 nitrogen and oxygen atoms in total. The quantitative estimate of drug-likeness (QED) is 0.667. The number of carbonyl (C=O) groups is 1. The summed E-state index contributed by atoms with van der Waals surface area (Å²) in [6.07, 6.45) is 0.0810. The lowest BCUT2D eigenvalue weighted by Crippen LogP contribution is -2.22. The molecule has 0 spiro atoms. The van der Waals surface area contributed by atoms with Crippen molar-refractivity contribution < 1.29 is 14.3 Å². The van der Waals surface area contributed by atoms with Crippen LogP contribution in [0.5, 0.6) is 11.5 Å². The summed E-state index contributed by atoms with van der Waals surface area (Å²) in [4.78, 5) is 12.3. The van der Waals surface area contributed by atoms with E-state index in [4.69, 9.17) is 9.47 Å². The average molecular weight is 420 g/mol.